The molecule has 170 valence electrons. The first kappa shape index (κ1) is 22.6. The summed E-state index contributed by atoms with van der Waals surface area (Å²) in [6.45, 7) is 5.91. The van der Waals surface area contributed by atoms with Crippen LogP contribution in [0.5, 0.6) is 0 Å². The van der Waals surface area contributed by atoms with Gasteiger partial charge in [0.05, 0.1) is 46.3 Å². The minimum Gasteiger partial charge on any atom is -0.366 e. The maximum atomic E-state index is 14.3. The molecule has 0 unspecified atom stereocenters. The number of anilines is 1. The van der Waals surface area contributed by atoms with E-state index in [1.165, 1.54) is 24.3 Å². The van der Waals surface area contributed by atoms with E-state index in [9.17, 15) is 14.0 Å². The molecule has 0 aliphatic carbocycles. The van der Waals surface area contributed by atoms with E-state index in [2.05, 4.69) is 21.5 Å². The van der Waals surface area contributed by atoms with Crippen LogP contribution in [-0.2, 0) is 6.54 Å². The first-order valence-electron chi connectivity index (χ1n) is 10.4. The fourth-order valence-corrected chi connectivity index (χ4v) is 3.89. The highest BCUT2D eigenvalue weighted by molar-refractivity contribution is 6.10. The minimum absolute atomic E-state index is 0.0237. The van der Waals surface area contributed by atoms with Crippen molar-refractivity contribution in [1.29, 1.82) is 5.26 Å². The number of hydrogen-bond donors (Lipinski definition) is 2. The van der Waals surface area contributed by atoms with Gasteiger partial charge in [0.1, 0.15) is 11.5 Å². The normalized spacial score (nSPS) is 10.8. The van der Waals surface area contributed by atoms with Crippen LogP contribution in [0.25, 0.3) is 10.9 Å². The Morgan fingerprint density at radius 2 is 1.94 bits per heavy atom. The molecule has 0 aliphatic rings. The standard InChI is InChI=1S/C25H21FN6O2/c1-13-9-16(7-8-17(13)11-27)12-32-15(3)23(14(2)31-32)30-25(34)21-10-18(24(28)33)22-19(26)5-4-6-20(22)29-21/h4-10H,12H2,1-3H3,(H2,28,33)(H,30,34). The molecule has 8 nitrogen and oxygen atoms in total. The third-order valence-corrected chi connectivity index (χ3v) is 5.64. The van der Waals surface area contributed by atoms with Crippen LogP contribution < -0.4 is 11.1 Å². The van der Waals surface area contributed by atoms with Crippen LogP contribution in [0.2, 0.25) is 0 Å². The number of nitriles is 1. The lowest BCUT2D eigenvalue weighted by Gasteiger charge is -2.10. The molecule has 3 N–H and O–H groups in total. The molecular weight excluding hydrogens is 435 g/mol. The monoisotopic (exact) mass is 456 g/mol. The second-order valence-corrected chi connectivity index (χ2v) is 7.97. The van der Waals surface area contributed by atoms with Gasteiger partial charge in [-0.25, -0.2) is 9.37 Å². The van der Waals surface area contributed by atoms with Gasteiger partial charge in [0.15, 0.2) is 0 Å². The van der Waals surface area contributed by atoms with E-state index in [4.69, 9.17) is 11.0 Å². The number of nitrogens with one attached hydrogen (secondary N) is 1. The molecule has 0 atom stereocenters. The number of halogens is 1. The molecule has 2 heterocycles. The molecule has 0 spiro atoms. The number of carbonyl (C=O) groups excluding carboxylic acids is 2. The molecule has 0 bridgehead atoms. The molecule has 34 heavy (non-hydrogen) atoms. The number of fused-ring (bicyclic) bond motifs is 1. The number of rotatable bonds is 5. The molecule has 0 fully saturated rings. The van der Waals surface area contributed by atoms with Gasteiger partial charge < -0.3 is 11.1 Å². The first-order valence-corrected chi connectivity index (χ1v) is 10.4. The summed E-state index contributed by atoms with van der Waals surface area (Å²) in [4.78, 5) is 29.2. The van der Waals surface area contributed by atoms with Gasteiger partial charge in [-0.1, -0.05) is 18.2 Å². The second kappa shape index (κ2) is 8.75. The Bertz CT molecular complexity index is 1520. The molecule has 2 amide bonds. The van der Waals surface area contributed by atoms with E-state index in [0.717, 1.165) is 16.8 Å². The van der Waals surface area contributed by atoms with E-state index in [1.54, 1.807) is 17.7 Å². The zero-order valence-corrected chi connectivity index (χ0v) is 18.8. The van der Waals surface area contributed by atoms with E-state index in [-0.39, 0.29) is 22.2 Å². The zero-order chi connectivity index (χ0) is 24.6. The summed E-state index contributed by atoms with van der Waals surface area (Å²) in [6.07, 6.45) is 0. The Kier molecular flexibility index (Phi) is 5.82. The second-order valence-electron chi connectivity index (χ2n) is 7.97. The number of amides is 2. The molecule has 0 aliphatic heterocycles. The predicted octanol–water partition coefficient (Wildman–Crippen LogP) is 3.77. The van der Waals surface area contributed by atoms with E-state index >= 15 is 0 Å². The Morgan fingerprint density at radius 3 is 2.62 bits per heavy atom. The van der Waals surface area contributed by atoms with Gasteiger partial charge in [0.25, 0.3) is 5.91 Å². The highest BCUT2D eigenvalue weighted by atomic mass is 19.1. The maximum absolute atomic E-state index is 14.3. The van der Waals surface area contributed by atoms with E-state index in [0.29, 0.717) is 23.5 Å². The van der Waals surface area contributed by atoms with Gasteiger partial charge in [-0.05, 0) is 56.2 Å². The molecule has 0 radical (unpaired) electrons. The van der Waals surface area contributed by atoms with Crippen molar-refractivity contribution >= 4 is 28.4 Å². The molecule has 2 aromatic heterocycles. The maximum Gasteiger partial charge on any atom is 0.274 e. The lowest BCUT2D eigenvalue weighted by Crippen LogP contribution is -2.18. The fourth-order valence-electron chi connectivity index (χ4n) is 3.89. The van der Waals surface area contributed by atoms with Gasteiger partial charge in [-0.2, -0.15) is 10.4 Å². The summed E-state index contributed by atoms with van der Waals surface area (Å²) in [5.74, 6) is -2.07. The lowest BCUT2D eigenvalue weighted by atomic mass is 10.1. The predicted molar refractivity (Wildman–Crippen MR) is 125 cm³/mol. The summed E-state index contributed by atoms with van der Waals surface area (Å²) in [7, 11) is 0. The van der Waals surface area contributed by atoms with Crippen molar-refractivity contribution in [3.05, 3.63) is 87.6 Å². The Hall–Kier alpha value is -4.58. The van der Waals surface area contributed by atoms with Crippen molar-refractivity contribution in [3.8, 4) is 6.07 Å². The van der Waals surface area contributed by atoms with Crippen LogP contribution in [0, 0.1) is 37.9 Å². The number of nitrogens with zero attached hydrogens (tertiary/aromatic N) is 4. The number of carbonyl (C=O) groups is 2. The molecule has 4 aromatic rings. The Balaban J connectivity index is 1.65. The minimum atomic E-state index is -0.857. The molecular formula is C25H21FN6O2. The largest absolute Gasteiger partial charge is 0.366 e. The zero-order valence-electron chi connectivity index (χ0n) is 18.8. The summed E-state index contributed by atoms with van der Waals surface area (Å²) in [5, 5.41) is 16.4. The van der Waals surface area contributed by atoms with Gasteiger partial charge in [0, 0.05) is 5.39 Å². The molecule has 2 aromatic carbocycles. The fraction of sp³-hybridized carbons (Fsp3) is 0.160. The highest BCUT2D eigenvalue weighted by Crippen LogP contribution is 2.24. The number of aryl methyl sites for hydroxylation is 2. The van der Waals surface area contributed by atoms with Gasteiger partial charge in [-0.15, -0.1) is 0 Å². The summed E-state index contributed by atoms with van der Waals surface area (Å²) in [5.41, 5.74) is 9.67. The van der Waals surface area contributed by atoms with Crippen LogP contribution >= 0.6 is 0 Å². The van der Waals surface area contributed by atoms with Gasteiger partial charge >= 0.3 is 0 Å². The van der Waals surface area contributed by atoms with Crippen LogP contribution in [0.4, 0.5) is 10.1 Å². The van der Waals surface area contributed by atoms with Crippen molar-refractivity contribution in [2.24, 2.45) is 5.73 Å². The highest BCUT2D eigenvalue weighted by Gasteiger charge is 2.20. The number of benzene rings is 2. The van der Waals surface area contributed by atoms with Gasteiger partial charge in [0.2, 0.25) is 5.91 Å². The molecule has 0 saturated carbocycles. The van der Waals surface area contributed by atoms with E-state index < -0.39 is 17.6 Å². The number of primary amides is 1. The number of aromatic nitrogens is 3. The van der Waals surface area contributed by atoms with Gasteiger partial charge in [-0.3, -0.25) is 14.3 Å². The van der Waals surface area contributed by atoms with Crippen molar-refractivity contribution in [3.63, 3.8) is 0 Å². The Labute approximate surface area is 194 Å². The Morgan fingerprint density at radius 1 is 1.18 bits per heavy atom. The van der Waals surface area contributed by atoms with Crippen molar-refractivity contribution in [1.82, 2.24) is 14.8 Å². The smallest absolute Gasteiger partial charge is 0.274 e. The molecule has 0 saturated heterocycles. The molecule has 4 rings (SSSR count). The van der Waals surface area contributed by atoms with E-state index in [1.807, 2.05) is 26.0 Å². The summed E-state index contributed by atoms with van der Waals surface area (Å²) >= 11 is 0. The van der Waals surface area contributed by atoms with Crippen molar-refractivity contribution < 1.29 is 14.0 Å². The van der Waals surface area contributed by atoms with Crippen LogP contribution in [-0.4, -0.2) is 26.6 Å². The third kappa shape index (κ3) is 4.09. The number of nitrogens with two attached hydrogens (primary N) is 1. The summed E-state index contributed by atoms with van der Waals surface area (Å²) < 4.78 is 16.0. The number of pyridine rings is 1. The quantitative estimate of drug-likeness (QED) is 0.473. The van der Waals surface area contributed by atoms with Crippen LogP contribution in [0.15, 0.2) is 42.5 Å². The summed E-state index contributed by atoms with van der Waals surface area (Å²) in [6, 6.07) is 13.1. The number of hydrogen-bond acceptors (Lipinski definition) is 5. The van der Waals surface area contributed by atoms with Crippen molar-refractivity contribution in [2.75, 3.05) is 5.32 Å². The lowest BCUT2D eigenvalue weighted by molar-refractivity contribution is 0.100. The average Bonchev–Trinajstić information content (AvgIpc) is 3.05. The van der Waals surface area contributed by atoms with Crippen LogP contribution in [0.3, 0.4) is 0 Å². The first-order chi connectivity index (χ1) is 16.2. The topological polar surface area (TPSA) is 127 Å². The third-order valence-electron chi connectivity index (χ3n) is 5.64. The SMILES string of the molecule is Cc1cc(Cn2nc(C)c(NC(=O)c3cc(C(N)=O)c4c(F)cccc4n3)c2C)ccc1C#N. The average molecular weight is 456 g/mol. The van der Waals surface area contributed by atoms with Crippen molar-refractivity contribution in [2.45, 2.75) is 27.3 Å². The molecule has 9 heteroatoms. The van der Waals surface area contributed by atoms with Crippen LogP contribution in [0.1, 0.15) is 48.9 Å².